The fourth-order valence-electron chi connectivity index (χ4n) is 1.51. The lowest BCUT2D eigenvalue weighted by Gasteiger charge is -2.13. The van der Waals surface area contributed by atoms with Crippen molar-refractivity contribution in [1.82, 2.24) is 4.72 Å². The first-order valence-corrected chi connectivity index (χ1v) is 6.74. The van der Waals surface area contributed by atoms with Gasteiger partial charge in [-0.05, 0) is 18.6 Å². The van der Waals surface area contributed by atoms with Crippen LogP contribution in [0.2, 0.25) is 0 Å². The van der Waals surface area contributed by atoms with Crippen molar-refractivity contribution in [2.45, 2.75) is 13.8 Å². The largest absolute Gasteiger partial charge is 0.409 e. The minimum atomic E-state index is -3.66. The van der Waals surface area contributed by atoms with Crippen LogP contribution in [-0.4, -0.2) is 26.0 Å². The lowest BCUT2D eigenvalue weighted by molar-refractivity contribution is 0.318. The predicted octanol–water partition coefficient (Wildman–Crippen LogP) is 0.356. The van der Waals surface area contributed by atoms with Crippen molar-refractivity contribution in [3.63, 3.8) is 0 Å². The molecule has 0 aliphatic rings. The van der Waals surface area contributed by atoms with Crippen LogP contribution >= 0.6 is 0 Å². The number of rotatable bonds is 5. The van der Waals surface area contributed by atoms with Crippen LogP contribution in [0.3, 0.4) is 0 Å². The monoisotopic (exact) mass is 272 g/mol. The van der Waals surface area contributed by atoms with E-state index in [1.54, 1.807) is 26.0 Å². The summed E-state index contributed by atoms with van der Waals surface area (Å²) in [5, 5.41) is 11.6. The van der Waals surface area contributed by atoms with E-state index in [-0.39, 0.29) is 18.1 Å². The number of benzene rings is 1. The maximum atomic E-state index is 11.6. The summed E-state index contributed by atoms with van der Waals surface area (Å²) < 4.78 is 27.8. The van der Waals surface area contributed by atoms with Crippen LogP contribution in [0.4, 0.5) is 5.69 Å². The van der Waals surface area contributed by atoms with Gasteiger partial charge in [0.1, 0.15) is 0 Å². The van der Waals surface area contributed by atoms with Gasteiger partial charge < -0.3 is 10.9 Å². The zero-order valence-corrected chi connectivity index (χ0v) is 11.0. The number of nitrogens with one attached hydrogen (secondary N) is 2. The van der Waals surface area contributed by atoms with Gasteiger partial charge in [-0.1, -0.05) is 24.2 Å². The van der Waals surface area contributed by atoms with Gasteiger partial charge in [-0.15, -0.1) is 0 Å². The minimum Gasteiger partial charge on any atom is -0.409 e. The summed E-state index contributed by atoms with van der Waals surface area (Å²) in [6, 6.07) is 4.95. The number of hydrogen-bond acceptors (Lipinski definition) is 4. The molecule has 18 heavy (non-hydrogen) atoms. The molecular formula is C10H16N4O3S. The highest BCUT2D eigenvalue weighted by Crippen LogP contribution is 2.20. The van der Waals surface area contributed by atoms with Crippen molar-refractivity contribution in [3.8, 4) is 0 Å². The molecule has 8 heteroatoms. The highest BCUT2D eigenvalue weighted by Gasteiger charge is 2.15. The van der Waals surface area contributed by atoms with E-state index >= 15 is 0 Å². The van der Waals surface area contributed by atoms with E-state index < -0.39 is 10.2 Å². The van der Waals surface area contributed by atoms with E-state index in [9.17, 15) is 8.42 Å². The quantitative estimate of drug-likeness (QED) is 0.268. The van der Waals surface area contributed by atoms with Gasteiger partial charge in [0.2, 0.25) is 0 Å². The zero-order chi connectivity index (χ0) is 13.8. The number of amidine groups is 1. The molecule has 0 atom stereocenters. The van der Waals surface area contributed by atoms with Crippen LogP contribution in [0.5, 0.6) is 0 Å². The van der Waals surface area contributed by atoms with Crippen LogP contribution in [0, 0.1) is 6.92 Å². The second-order valence-electron chi connectivity index (χ2n) is 3.59. The molecule has 100 valence electrons. The fraction of sp³-hybridized carbons (Fsp3) is 0.300. The Morgan fingerprint density at radius 3 is 2.72 bits per heavy atom. The zero-order valence-electron chi connectivity index (χ0n) is 10.1. The summed E-state index contributed by atoms with van der Waals surface area (Å²) in [4.78, 5) is 0. The third-order valence-electron chi connectivity index (χ3n) is 2.22. The van der Waals surface area contributed by atoms with Crippen LogP contribution in [-0.2, 0) is 10.2 Å². The minimum absolute atomic E-state index is 0.151. The molecule has 0 saturated heterocycles. The van der Waals surface area contributed by atoms with Gasteiger partial charge in [0.25, 0.3) is 10.2 Å². The molecule has 0 amide bonds. The average Bonchev–Trinajstić information content (AvgIpc) is 2.27. The SMILES string of the molecule is CCNS(=O)(=O)Nc1cccc(C)c1/C(N)=N/O. The van der Waals surface area contributed by atoms with Gasteiger partial charge >= 0.3 is 0 Å². The molecule has 0 saturated carbocycles. The number of nitrogens with two attached hydrogens (primary N) is 1. The van der Waals surface area contributed by atoms with E-state index in [0.717, 1.165) is 0 Å². The lowest BCUT2D eigenvalue weighted by Crippen LogP contribution is -2.31. The van der Waals surface area contributed by atoms with Gasteiger partial charge in [-0.25, -0.2) is 0 Å². The number of aryl methyl sites for hydroxylation is 1. The molecule has 1 aromatic carbocycles. The maximum absolute atomic E-state index is 11.6. The Morgan fingerprint density at radius 1 is 1.50 bits per heavy atom. The van der Waals surface area contributed by atoms with Crippen molar-refractivity contribution in [2.24, 2.45) is 10.9 Å². The Hall–Kier alpha value is -1.80. The molecule has 0 aliphatic carbocycles. The fourth-order valence-corrected chi connectivity index (χ4v) is 2.43. The Balaban J connectivity index is 3.22. The second kappa shape index (κ2) is 5.69. The third-order valence-corrected chi connectivity index (χ3v) is 3.37. The summed E-state index contributed by atoms with van der Waals surface area (Å²) in [5.74, 6) is -0.151. The van der Waals surface area contributed by atoms with Crippen molar-refractivity contribution < 1.29 is 13.6 Å². The molecule has 0 bridgehead atoms. The van der Waals surface area contributed by atoms with Crippen molar-refractivity contribution in [3.05, 3.63) is 29.3 Å². The Bertz CT molecular complexity index is 554. The maximum Gasteiger partial charge on any atom is 0.299 e. The summed E-state index contributed by atoms with van der Waals surface area (Å²) in [7, 11) is -3.66. The molecule has 0 radical (unpaired) electrons. The molecular weight excluding hydrogens is 256 g/mol. The van der Waals surface area contributed by atoms with Crippen molar-refractivity contribution >= 4 is 21.7 Å². The number of nitrogens with zero attached hydrogens (tertiary/aromatic N) is 1. The third kappa shape index (κ3) is 3.34. The Labute approximate surface area is 106 Å². The van der Waals surface area contributed by atoms with Crippen LogP contribution < -0.4 is 15.2 Å². The molecule has 0 unspecified atom stereocenters. The van der Waals surface area contributed by atoms with E-state index in [2.05, 4.69) is 14.6 Å². The molecule has 0 aliphatic heterocycles. The predicted molar refractivity (Wildman–Crippen MR) is 69.9 cm³/mol. The molecule has 1 rings (SSSR count). The van der Waals surface area contributed by atoms with Gasteiger partial charge in [-0.2, -0.15) is 13.1 Å². The normalized spacial score (nSPS) is 12.4. The Morgan fingerprint density at radius 2 is 2.17 bits per heavy atom. The lowest BCUT2D eigenvalue weighted by atomic mass is 10.1. The summed E-state index contributed by atoms with van der Waals surface area (Å²) in [6.45, 7) is 3.67. The van der Waals surface area contributed by atoms with E-state index in [1.165, 1.54) is 6.07 Å². The average molecular weight is 272 g/mol. The highest BCUT2D eigenvalue weighted by atomic mass is 32.2. The summed E-state index contributed by atoms with van der Waals surface area (Å²) in [5.41, 5.74) is 6.83. The van der Waals surface area contributed by atoms with Gasteiger partial charge in [-0.3, -0.25) is 4.72 Å². The van der Waals surface area contributed by atoms with Crippen LogP contribution in [0.25, 0.3) is 0 Å². The van der Waals surface area contributed by atoms with Crippen LogP contribution in [0.1, 0.15) is 18.1 Å². The number of anilines is 1. The first-order valence-electron chi connectivity index (χ1n) is 5.26. The first kappa shape index (κ1) is 14.3. The molecule has 0 fully saturated rings. The molecule has 0 aromatic heterocycles. The van der Waals surface area contributed by atoms with E-state index in [4.69, 9.17) is 10.9 Å². The molecule has 0 spiro atoms. The number of hydrogen-bond donors (Lipinski definition) is 4. The molecule has 5 N–H and O–H groups in total. The number of oxime groups is 1. The summed E-state index contributed by atoms with van der Waals surface area (Å²) >= 11 is 0. The summed E-state index contributed by atoms with van der Waals surface area (Å²) in [6.07, 6.45) is 0. The van der Waals surface area contributed by atoms with Crippen molar-refractivity contribution in [1.29, 1.82) is 0 Å². The van der Waals surface area contributed by atoms with Crippen LogP contribution in [0.15, 0.2) is 23.4 Å². The highest BCUT2D eigenvalue weighted by molar-refractivity contribution is 7.90. The van der Waals surface area contributed by atoms with Crippen molar-refractivity contribution in [2.75, 3.05) is 11.3 Å². The van der Waals surface area contributed by atoms with Gasteiger partial charge in [0.15, 0.2) is 5.84 Å². The van der Waals surface area contributed by atoms with Gasteiger partial charge in [0.05, 0.1) is 5.69 Å². The topological polar surface area (TPSA) is 117 Å². The Kier molecular flexibility index (Phi) is 4.51. The van der Waals surface area contributed by atoms with E-state index in [0.29, 0.717) is 11.1 Å². The standard InChI is InChI=1S/C10H16N4O3S/c1-3-12-18(16,17)14-8-6-4-5-7(2)9(8)10(11)13-15/h4-6,12,14-15H,3H2,1-2H3,(H2,11,13). The molecule has 1 aromatic rings. The smallest absolute Gasteiger partial charge is 0.299 e. The van der Waals surface area contributed by atoms with E-state index in [1.807, 2.05) is 0 Å². The molecule has 7 nitrogen and oxygen atoms in total. The first-order chi connectivity index (χ1) is 8.41. The molecule has 0 heterocycles. The van der Waals surface area contributed by atoms with Gasteiger partial charge in [0, 0.05) is 12.1 Å². The second-order valence-corrected chi connectivity index (χ2v) is 5.09.